The molecule has 1 aliphatic carbocycles. The van der Waals surface area contributed by atoms with E-state index in [4.69, 9.17) is 0 Å². The van der Waals surface area contributed by atoms with Gasteiger partial charge in [0.2, 0.25) is 0 Å². The smallest absolute Gasteiger partial charge is 0.0548 e. The third kappa shape index (κ3) is 2.84. The van der Waals surface area contributed by atoms with Crippen LogP contribution >= 0.6 is 0 Å². The van der Waals surface area contributed by atoms with Gasteiger partial charge < -0.3 is 5.11 Å². The van der Waals surface area contributed by atoms with Gasteiger partial charge in [-0.1, -0.05) is 25.5 Å². The van der Waals surface area contributed by atoms with Gasteiger partial charge in [-0.15, -0.1) is 0 Å². The summed E-state index contributed by atoms with van der Waals surface area (Å²) in [6.45, 7) is 8.83. The first kappa shape index (κ1) is 10.8. The summed E-state index contributed by atoms with van der Waals surface area (Å²) in [4.78, 5) is 0. The average molecular weight is 182 g/mol. The van der Waals surface area contributed by atoms with Crippen molar-refractivity contribution in [1.82, 2.24) is 0 Å². The Labute approximate surface area is 81.9 Å². The van der Waals surface area contributed by atoms with E-state index in [0.717, 1.165) is 18.8 Å². The summed E-state index contributed by atoms with van der Waals surface area (Å²) in [5, 5.41) is 9.65. The van der Waals surface area contributed by atoms with Crippen LogP contribution in [0.5, 0.6) is 0 Å². The van der Waals surface area contributed by atoms with Crippen LogP contribution in [0, 0.1) is 17.8 Å². The number of allylic oxidation sites excluding steroid dienone is 2. The number of aliphatic hydroxyl groups excluding tert-OH is 1. The average Bonchev–Trinajstić information content (AvgIpc) is 1.98. The Balaban J connectivity index is 2.66. The number of hydrogen-bond acceptors (Lipinski definition) is 1. The van der Waals surface area contributed by atoms with Gasteiger partial charge in [0.1, 0.15) is 0 Å². The molecule has 1 rings (SSSR count). The van der Waals surface area contributed by atoms with Gasteiger partial charge >= 0.3 is 0 Å². The van der Waals surface area contributed by atoms with Gasteiger partial charge in [-0.25, -0.2) is 0 Å². The van der Waals surface area contributed by atoms with Crippen LogP contribution in [0.1, 0.15) is 40.5 Å². The molecule has 1 N–H and O–H groups in total. The molecular formula is C12H22O. The van der Waals surface area contributed by atoms with E-state index in [1.165, 1.54) is 5.57 Å². The summed E-state index contributed by atoms with van der Waals surface area (Å²) in [7, 11) is 0. The van der Waals surface area contributed by atoms with Crippen molar-refractivity contribution in [3.63, 3.8) is 0 Å². The molecule has 13 heavy (non-hydrogen) atoms. The topological polar surface area (TPSA) is 20.2 Å². The van der Waals surface area contributed by atoms with Crippen LogP contribution in [-0.2, 0) is 0 Å². The van der Waals surface area contributed by atoms with Crippen LogP contribution in [-0.4, -0.2) is 11.2 Å². The Hall–Kier alpha value is -0.300. The van der Waals surface area contributed by atoms with E-state index in [1.54, 1.807) is 0 Å². The summed E-state index contributed by atoms with van der Waals surface area (Å²) < 4.78 is 0. The maximum atomic E-state index is 9.65. The molecule has 0 aromatic heterocycles. The molecule has 4 unspecified atom stereocenters. The molecule has 0 aromatic rings. The van der Waals surface area contributed by atoms with Crippen molar-refractivity contribution < 1.29 is 5.11 Å². The largest absolute Gasteiger partial charge is 0.393 e. The van der Waals surface area contributed by atoms with Gasteiger partial charge in [0.05, 0.1) is 6.10 Å². The Bertz CT molecular complexity index is 191. The van der Waals surface area contributed by atoms with Crippen LogP contribution in [0.2, 0.25) is 0 Å². The lowest BCUT2D eigenvalue weighted by Crippen LogP contribution is -2.31. The highest BCUT2D eigenvalue weighted by Gasteiger charge is 2.30. The van der Waals surface area contributed by atoms with E-state index in [0.29, 0.717) is 11.8 Å². The minimum Gasteiger partial charge on any atom is -0.393 e. The minimum atomic E-state index is -0.0770. The van der Waals surface area contributed by atoms with Crippen molar-refractivity contribution in [2.24, 2.45) is 17.8 Å². The summed E-state index contributed by atoms with van der Waals surface area (Å²) >= 11 is 0. The molecule has 0 heterocycles. The quantitative estimate of drug-likeness (QED) is 0.618. The van der Waals surface area contributed by atoms with E-state index in [2.05, 4.69) is 33.8 Å². The molecule has 4 atom stereocenters. The molecule has 1 heteroatoms. The number of rotatable bonds is 1. The van der Waals surface area contributed by atoms with Crippen molar-refractivity contribution in [1.29, 1.82) is 0 Å². The van der Waals surface area contributed by atoms with Gasteiger partial charge in [0.15, 0.2) is 0 Å². The first-order valence-electron chi connectivity index (χ1n) is 5.33. The highest BCUT2D eigenvalue weighted by Crippen LogP contribution is 2.35. The zero-order valence-corrected chi connectivity index (χ0v) is 9.25. The Morgan fingerprint density at radius 3 is 2.38 bits per heavy atom. The molecule has 0 bridgehead atoms. The standard InChI is InChI=1S/C12H22O/c1-8(2)5-11-7-12(13)6-9(3)10(11)4/h5,9-13H,6-7H2,1-4H3. The predicted octanol–water partition coefficient (Wildman–Crippen LogP) is 3.00. The highest BCUT2D eigenvalue weighted by atomic mass is 16.3. The number of hydrogen-bond donors (Lipinski definition) is 1. The van der Waals surface area contributed by atoms with E-state index in [1.807, 2.05) is 0 Å². The van der Waals surface area contributed by atoms with E-state index >= 15 is 0 Å². The first-order valence-corrected chi connectivity index (χ1v) is 5.33. The zero-order chi connectivity index (χ0) is 10.0. The van der Waals surface area contributed by atoms with Crippen LogP contribution in [0.3, 0.4) is 0 Å². The fourth-order valence-corrected chi connectivity index (χ4v) is 2.34. The van der Waals surface area contributed by atoms with E-state index in [-0.39, 0.29) is 6.10 Å². The second-order valence-corrected chi connectivity index (χ2v) is 4.87. The van der Waals surface area contributed by atoms with E-state index < -0.39 is 0 Å². The van der Waals surface area contributed by atoms with Gasteiger partial charge in [0.25, 0.3) is 0 Å². The van der Waals surface area contributed by atoms with Crippen molar-refractivity contribution >= 4 is 0 Å². The second-order valence-electron chi connectivity index (χ2n) is 4.87. The maximum absolute atomic E-state index is 9.65. The summed E-state index contributed by atoms with van der Waals surface area (Å²) in [6.07, 6.45) is 4.18. The Morgan fingerprint density at radius 2 is 1.85 bits per heavy atom. The summed E-state index contributed by atoms with van der Waals surface area (Å²) in [5.74, 6) is 1.96. The molecule has 0 spiro atoms. The van der Waals surface area contributed by atoms with Crippen molar-refractivity contribution in [3.8, 4) is 0 Å². The zero-order valence-electron chi connectivity index (χ0n) is 9.25. The number of aliphatic hydroxyl groups is 1. The molecule has 1 fully saturated rings. The molecular weight excluding hydrogens is 160 g/mol. The molecule has 0 aliphatic heterocycles. The van der Waals surface area contributed by atoms with Crippen LogP contribution in [0.25, 0.3) is 0 Å². The van der Waals surface area contributed by atoms with Crippen LogP contribution in [0.15, 0.2) is 11.6 Å². The molecule has 1 saturated carbocycles. The molecule has 0 amide bonds. The third-order valence-corrected chi connectivity index (χ3v) is 3.31. The predicted molar refractivity (Wildman–Crippen MR) is 56.5 cm³/mol. The minimum absolute atomic E-state index is 0.0770. The molecule has 0 saturated heterocycles. The molecule has 1 aliphatic rings. The van der Waals surface area contributed by atoms with Crippen molar-refractivity contribution in [2.75, 3.05) is 0 Å². The van der Waals surface area contributed by atoms with Gasteiger partial charge in [-0.05, 0) is 44.4 Å². The molecule has 0 aromatic carbocycles. The summed E-state index contributed by atoms with van der Waals surface area (Å²) in [5.41, 5.74) is 1.37. The SMILES string of the molecule is CC(C)=CC1CC(O)CC(C)C1C. The lowest BCUT2D eigenvalue weighted by atomic mass is 9.72. The second kappa shape index (κ2) is 4.28. The highest BCUT2D eigenvalue weighted by molar-refractivity contribution is 5.01. The van der Waals surface area contributed by atoms with Gasteiger partial charge in [-0.2, -0.15) is 0 Å². The van der Waals surface area contributed by atoms with Gasteiger partial charge in [-0.3, -0.25) is 0 Å². The Morgan fingerprint density at radius 1 is 1.23 bits per heavy atom. The first-order chi connectivity index (χ1) is 6.00. The molecule has 0 radical (unpaired) electrons. The monoisotopic (exact) mass is 182 g/mol. The maximum Gasteiger partial charge on any atom is 0.0548 e. The van der Waals surface area contributed by atoms with Crippen molar-refractivity contribution in [2.45, 2.75) is 46.6 Å². The van der Waals surface area contributed by atoms with Crippen LogP contribution < -0.4 is 0 Å². The van der Waals surface area contributed by atoms with Crippen molar-refractivity contribution in [3.05, 3.63) is 11.6 Å². The lowest BCUT2D eigenvalue weighted by molar-refractivity contribution is 0.0557. The van der Waals surface area contributed by atoms with E-state index in [9.17, 15) is 5.11 Å². The fourth-order valence-electron chi connectivity index (χ4n) is 2.34. The van der Waals surface area contributed by atoms with Crippen LogP contribution in [0.4, 0.5) is 0 Å². The molecule has 1 nitrogen and oxygen atoms in total. The third-order valence-electron chi connectivity index (χ3n) is 3.31. The Kier molecular flexibility index (Phi) is 3.55. The fraction of sp³-hybridized carbons (Fsp3) is 0.833. The lowest BCUT2D eigenvalue weighted by Gasteiger charge is -2.35. The normalized spacial score (nSPS) is 40.1. The molecule has 76 valence electrons. The summed E-state index contributed by atoms with van der Waals surface area (Å²) in [6, 6.07) is 0. The van der Waals surface area contributed by atoms with Gasteiger partial charge in [0, 0.05) is 0 Å².